The van der Waals surface area contributed by atoms with Crippen LogP contribution in [-0.2, 0) is 11.0 Å². The topological polar surface area (TPSA) is 41.5 Å². The van der Waals surface area contributed by atoms with Crippen molar-refractivity contribution in [2.45, 2.75) is 97.7 Å². The Balaban J connectivity index is 0.00000249. The van der Waals surface area contributed by atoms with Crippen LogP contribution >= 0.6 is 0 Å². The van der Waals surface area contributed by atoms with Gasteiger partial charge in [-0.1, -0.05) is 39.3 Å². The van der Waals surface area contributed by atoms with Gasteiger partial charge in [-0.15, -0.1) is 0 Å². The minimum Gasteiger partial charge on any atom is -0.306 e. The molecule has 3 nitrogen and oxygen atoms in total. The van der Waals surface area contributed by atoms with E-state index in [1.807, 2.05) is 40.7 Å². The maximum Gasteiger partial charge on any atom is 0.419 e. The van der Waals surface area contributed by atoms with Gasteiger partial charge in [0.05, 0.1) is 11.3 Å². The zero-order valence-electron chi connectivity index (χ0n) is 19.8. The predicted octanol–water partition coefficient (Wildman–Crippen LogP) is 7.57. The lowest BCUT2D eigenvalue weighted by atomic mass is 9.88. The summed E-state index contributed by atoms with van der Waals surface area (Å²) in [6, 6.07) is 3.22. The molecule has 0 radical (unpaired) electrons. The van der Waals surface area contributed by atoms with Crippen molar-refractivity contribution >= 4 is 11.5 Å². The van der Waals surface area contributed by atoms with Crippen molar-refractivity contribution in [3.63, 3.8) is 0 Å². The molecule has 0 fully saturated rings. The second-order valence-corrected chi connectivity index (χ2v) is 7.92. The van der Waals surface area contributed by atoms with E-state index in [0.717, 1.165) is 42.7 Å². The highest BCUT2D eigenvalue weighted by atomic mass is 19.4. The van der Waals surface area contributed by atoms with Crippen molar-refractivity contribution in [1.29, 1.82) is 0 Å². The van der Waals surface area contributed by atoms with Gasteiger partial charge in [-0.05, 0) is 62.3 Å². The lowest BCUT2D eigenvalue weighted by Crippen LogP contribution is -2.19. The van der Waals surface area contributed by atoms with Crippen LogP contribution in [-0.4, -0.2) is 17.5 Å². The number of hydrogen-bond donors (Lipinski definition) is 1. The number of nitrogens with zero attached hydrogens (tertiary/aromatic N) is 1. The van der Waals surface area contributed by atoms with Crippen LogP contribution in [0.3, 0.4) is 0 Å². The summed E-state index contributed by atoms with van der Waals surface area (Å²) < 4.78 is 52.3. The molecule has 1 heterocycles. The number of rotatable bonds is 10. The Morgan fingerprint density at radius 2 is 2.00 bits per heavy atom. The maximum absolute atomic E-state index is 13.9. The fraction of sp³-hybridized carbons (Fsp3) is 0.600. The summed E-state index contributed by atoms with van der Waals surface area (Å²) in [7, 11) is 0. The van der Waals surface area contributed by atoms with Crippen molar-refractivity contribution in [3.05, 3.63) is 46.8 Å². The minimum absolute atomic E-state index is 0.0533. The van der Waals surface area contributed by atoms with Gasteiger partial charge in [0, 0.05) is 25.3 Å². The number of alkyl halides is 3. The first-order chi connectivity index (χ1) is 15.2. The summed E-state index contributed by atoms with van der Waals surface area (Å²) in [5.74, 6) is -1.50. The van der Waals surface area contributed by atoms with Crippen LogP contribution in [0.4, 0.5) is 17.6 Å². The molecule has 0 aliphatic carbocycles. The molecule has 0 saturated carbocycles. The SMILES string of the molecule is C/C=C(\C)C1=NNC(CCCC(=O)CC(CCC)c2ccc(C(F)(F)F)c(F)c2)C1.CC. The quantitative estimate of drug-likeness (QED) is 0.369. The number of carbonyl (C=O) groups excluding carboxylic acids is 1. The first-order valence-corrected chi connectivity index (χ1v) is 11.5. The Morgan fingerprint density at radius 3 is 2.56 bits per heavy atom. The molecule has 180 valence electrons. The highest BCUT2D eigenvalue weighted by molar-refractivity contribution is 6.00. The fourth-order valence-electron chi connectivity index (χ4n) is 3.75. The summed E-state index contributed by atoms with van der Waals surface area (Å²) in [6.45, 7) is 9.93. The number of nitrogens with one attached hydrogen (secondary N) is 1. The molecule has 0 amide bonds. The standard InChI is InChI=1S/C23H30F4N2O.C2H6/c1-4-7-16(17-10-11-20(21(24)13-17)23(25,26)27)12-19(30)9-6-8-18-14-22(29-28-18)15(3)5-2;1-2/h5,10-11,13,16,18,28H,4,6-9,12,14H2,1-3H3;1-2H3/b15-5+;. The molecule has 2 unspecified atom stereocenters. The largest absolute Gasteiger partial charge is 0.419 e. The van der Waals surface area contributed by atoms with Crippen LogP contribution in [0.1, 0.15) is 96.6 Å². The minimum atomic E-state index is -4.72. The van der Waals surface area contributed by atoms with E-state index in [-0.39, 0.29) is 24.2 Å². The molecule has 1 aromatic rings. The van der Waals surface area contributed by atoms with Gasteiger partial charge < -0.3 is 5.43 Å². The monoisotopic (exact) mass is 456 g/mol. The highest BCUT2D eigenvalue weighted by Gasteiger charge is 2.34. The lowest BCUT2D eigenvalue weighted by molar-refractivity contribution is -0.140. The molecule has 1 aliphatic rings. The fourth-order valence-corrected chi connectivity index (χ4v) is 3.75. The van der Waals surface area contributed by atoms with Crippen molar-refractivity contribution < 1.29 is 22.4 Å². The van der Waals surface area contributed by atoms with Gasteiger partial charge in [0.1, 0.15) is 11.6 Å². The molecule has 7 heteroatoms. The van der Waals surface area contributed by atoms with Gasteiger partial charge in [0.25, 0.3) is 0 Å². The third-order valence-electron chi connectivity index (χ3n) is 5.60. The van der Waals surface area contributed by atoms with Crippen molar-refractivity contribution in [3.8, 4) is 0 Å². The molecule has 32 heavy (non-hydrogen) atoms. The van der Waals surface area contributed by atoms with Gasteiger partial charge in [0.15, 0.2) is 0 Å². The Bertz CT molecular complexity index is 800. The average Bonchev–Trinajstić information content (AvgIpc) is 3.22. The van der Waals surface area contributed by atoms with E-state index in [4.69, 9.17) is 0 Å². The van der Waals surface area contributed by atoms with E-state index in [9.17, 15) is 22.4 Å². The average molecular weight is 457 g/mol. The van der Waals surface area contributed by atoms with Crippen molar-refractivity contribution in [2.75, 3.05) is 0 Å². The predicted molar refractivity (Wildman–Crippen MR) is 122 cm³/mol. The Kier molecular flexibility index (Phi) is 11.7. The van der Waals surface area contributed by atoms with Crippen molar-refractivity contribution in [1.82, 2.24) is 5.43 Å². The molecule has 1 aromatic carbocycles. The number of benzene rings is 1. The first-order valence-electron chi connectivity index (χ1n) is 11.5. The van der Waals surface area contributed by atoms with E-state index in [1.54, 1.807) is 0 Å². The number of halogens is 4. The van der Waals surface area contributed by atoms with Crippen LogP contribution in [0.2, 0.25) is 0 Å². The van der Waals surface area contributed by atoms with Gasteiger partial charge in [0.2, 0.25) is 0 Å². The molecular formula is C25H36F4N2O. The van der Waals surface area contributed by atoms with Gasteiger partial charge in [-0.25, -0.2) is 4.39 Å². The third kappa shape index (κ3) is 8.40. The molecular weight excluding hydrogens is 420 g/mol. The number of allylic oxidation sites excluding steroid dienone is 2. The first kappa shape index (κ1) is 27.9. The lowest BCUT2D eigenvalue weighted by Gasteiger charge is -2.18. The van der Waals surface area contributed by atoms with Crippen LogP contribution in [0, 0.1) is 5.82 Å². The molecule has 2 rings (SSSR count). The summed E-state index contributed by atoms with van der Waals surface area (Å²) in [6.07, 6.45) is 1.69. The van der Waals surface area contributed by atoms with Crippen LogP contribution in [0.5, 0.6) is 0 Å². The van der Waals surface area contributed by atoms with Crippen LogP contribution in [0.15, 0.2) is 34.9 Å². The Labute approximate surface area is 189 Å². The van der Waals surface area contributed by atoms with E-state index in [2.05, 4.69) is 10.5 Å². The van der Waals surface area contributed by atoms with Crippen LogP contribution in [0.25, 0.3) is 0 Å². The summed E-state index contributed by atoms with van der Waals surface area (Å²) in [4.78, 5) is 12.5. The number of hydrogen-bond acceptors (Lipinski definition) is 3. The molecule has 1 N–H and O–H groups in total. The highest BCUT2D eigenvalue weighted by Crippen LogP contribution is 2.34. The molecule has 0 saturated heterocycles. The summed E-state index contributed by atoms with van der Waals surface area (Å²) in [5.41, 5.74) is 4.48. The van der Waals surface area contributed by atoms with E-state index in [0.29, 0.717) is 24.8 Å². The Morgan fingerprint density at radius 1 is 1.31 bits per heavy atom. The summed E-state index contributed by atoms with van der Waals surface area (Å²) >= 11 is 0. The maximum atomic E-state index is 13.9. The number of carbonyl (C=O) groups is 1. The number of ketones is 1. The van der Waals surface area contributed by atoms with Crippen LogP contribution < -0.4 is 5.43 Å². The number of Topliss-reactive ketones (excluding diaryl/α,β-unsaturated/α-hetero) is 1. The summed E-state index contributed by atoms with van der Waals surface area (Å²) in [5, 5.41) is 4.33. The molecule has 2 atom stereocenters. The molecule has 1 aliphatic heterocycles. The van der Waals surface area contributed by atoms with E-state index < -0.39 is 17.6 Å². The molecule has 0 aromatic heterocycles. The normalized spacial score (nSPS) is 17.2. The van der Waals surface area contributed by atoms with Crippen molar-refractivity contribution in [2.24, 2.45) is 5.10 Å². The second kappa shape index (κ2) is 13.4. The molecule has 0 spiro atoms. The third-order valence-corrected chi connectivity index (χ3v) is 5.60. The van der Waals surface area contributed by atoms with Gasteiger partial charge in [-0.2, -0.15) is 18.3 Å². The van der Waals surface area contributed by atoms with Gasteiger partial charge in [-0.3, -0.25) is 4.79 Å². The number of hydrazone groups is 1. The van der Waals surface area contributed by atoms with E-state index in [1.165, 1.54) is 6.07 Å². The second-order valence-electron chi connectivity index (χ2n) is 7.92. The Hall–Kier alpha value is -2.18. The van der Waals surface area contributed by atoms with E-state index >= 15 is 0 Å². The smallest absolute Gasteiger partial charge is 0.306 e. The molecule has 0 bridgehead atoms. The van der Waals surface area contributed by atoms with Gasteiger partial charge >= 0.3 is 6.18 Å². The zero-order chi connectivity index (χ0) is 24.3. The zero-order valence-corrected chi connectivity index (χ0v) is 19.8.